The molecule has 1 fully saturated rings. The van der Waals surface area contributed by atoms with Crippen molar-refractivity contribution in [3.8, 4) is 0 Å². The molecule has 0 bridgehead atoms. The van der Waals surface area contributed by atoms with Crippen LogP contribution in [-0.4, -0.2) is 41.2 Å². The standard InChI is InChI=1S/C18H19F3N2O3/c1-11-4-5-15-12(7-11)8-13(16(24)22-15)9-23(17(25)18(19,20)21)10-14-3-2-6-26-14/h4-5,7-8,14H,2-3,6,9-10H2,1H3,(H,22,24). The number of carbonyl (C=O) groups excluding carboxylic acids is 1. The number of alkyl halides is 3. The number of H-pyrrole nitrogens is 1. The van der Waals surface area contributed by atoms with Gasteiger partial charge in [-0.15, -0.1) is 0 Å². The van der Waals surface area contributed by atoms with E-state index in [-0.39, 0.29) is 12.1 Å². The second kappa shape index (κ2) is 7.11. The molecule has 0 aliphatic carbocycles. The van der Waals surface area contributed by atoms with Crippen molar-refractivity contribution in [3.63, 3.8) is 0 Å². The number of amides is 1. The quantitative estimate of drug-likeness (QED) is 0.903. The van der Waals surface area contributed by atoms with Crippen LogP contribution >= 0.6 is 0 Å². The van der Waals surface area contributed by atoms with E-state index in [1.54, 1.807) is 6.07 Å². The van der Waals surface area contributed by atoms with Crippen molar-refractivity contribution in [1.82, 2.24) is 9.88 Å². The molecule has 1 unspecified atom stereocenters. The lowest BCUT2D eigenvalue weighted by Gasteiger charge is -2.26. The summed E-state index contributed by atoms with van der Waals surface area (Å²) in [5, 5.41) is 0.705. The van der Waals surface area contributed by atoms with Gasteiger partial charge in [-0.25, -0.2) is 0 Å². The number of ether oxygens (including phenoxy) is 1. The number of hydrogen-bond donors (Lipinski definition) is 1. The summed E-state index contributed by atoms with van der Waals surface area (Å²) in [4.78, 5) is 27.4. The normalized spacial score (nSPS) is 17.6. The fourth-order valence-corrected chi connectivity index (χ4v) is 3.13. The number of rotatable bonds is 4. The summed E-state index contributed by atoms with van der Waals surface area (Å²) in [7, 11) is 0. The van der Waals surface area contributed by atoms with Crippen molar-refractivity contribution < 1.29 is 22.7 Å². The highest BCUT2D eigenvalue weighted by Crippen LogP contribution is 2.23. The molecule has 1 amide bonds. The summed E-state index contributed by atoms with van der Waals surface area (Å²) in [5.41, 5.74) is 1.16. The molecule has 0 saturated carbocycles. The van der Waals surface area contributed by atoms with Gasteiger partial charge in [-0.3, -0.25) is 9.59 Å². The number of pyridine rings is 1. The molecule has 1 aliphatic heterocycles. The molecular formula is C18H19F3N2O3. The fraction of sp³-hybridized carbons (Fsp3) is 0.444. The first-order valence-corrected chi connectivity index (χ1v) is 8.34. The van der Waals surface area contributed by atoms with Gasteiger partial charge in [-0.2, -0.15) is 13.2 Å². The fourth-order valence-electron chi connectivity index (χ4n) is 3.13. The van der Waals surface area contributed by atoms with Crippen molar-refractivity contribution >= 4 is 16.8 Å². The van der Waals surface area contributed by atoms with E-state index >= 15 is 0 Å². The van der Waals surface area contributed by atoms with Gasteiger partial charge < -0.3 is 14.6 Å². The van der Waals surface area contributed by atoms with E-state index < -0.39 is 30.3 Å². The Kier molecular flexibility index (Phi) is 5.04. The number of halogens is 3. The number of nitrogens with zero attached hydrogens (tertiary/aromatic N) is 1. The number of aromatic amines is 1. The van der Waals surface area contributed by atoms with Crippen LogP contribution in [0.1, 0.15) is 24.0 Å². The summed E-state index contributed by atoms with van der Waals surface area (Å²) in [6.07, 6.45) is -4.11. The van der Waals surface area contributed by atoms with Crippen LogP contribution < -0.4 is 5.56 Å². The molecule has 5 nitrogen and oxygen atoms in total. The summed E-state index contributed by atoms with van der Waals surface area (Å²) < 4.78 is 44.2. The van der Waals surface area contributed by atoms with E-state index in [1.807, 2.05) is 19.1 Å². The highest BCUT2D eigenvalue weighted by molar-refractivity contribution is 5.82. The van der Waals surface area contributed by atoms with E-state index in [2.05, 4.69) is 4.98 Å². The van der Waals surface area contributed by atoms with Gasteiger partial charge in [0, 0.05) is 24.2 Å². The van der Waals surface area contributed by atoms with E-state index in [1.165, 1.54) is 6.07 Å². The predicted octanol–water partition coefficient (Wildman–Crippen LogP) is 2.91. The van der Waals surface area contributed by atoms with Gasteiger partial charge in [0.25, 0.3) is 5.56 Å². The van der Waals surface area contributed by atoms with Crippen LogP contribution in [0.25, 0.3) is 10.9 Å². The first kappa shape index (κ1) is 18.4. The summed E-state index contributed by atoms with van der Waals surface area (Å²) >= 11 is 0. The molecule has 26 heavy (non-hydrogen) atoms. The molecule has 1 N–H and O–H groups in total. The van der Waals surface area contributed by atoms with Gasteiger partial charge in [-0.1, -0.05) is 11.6 Å². The molecule has 0 spiro atoms. The van der Waals surface area contributed by atoms with Crippen LogP contribution in [0.2, 0.25) is 0 Å². The molecule has 1 aromatic heterocycles. The zero-order valence-corrected chi connectivity index (χ0v) is 14.2. The van der Waals surface area contributed by atoms with Crippen LogP contribution in [0.5, 0.6) is 0 Å². The van der Waals surface area contributed by atoms with E-state index in [9.17, 15) is 22.8 Å². The number of benzene rings is 1. The highest BCUT2D eigenvalue weighted by Gasteiger charge is 2.43. The van der Waals surface area contributed by atoms with Gasteiger partial charge in [0.2, 0.25) is 0 Å². The van der Waals surface area contributed by atoms with Crippen molar-refractivity contribution in [2.75, 3.05) is 13.2 Å². The van der Waals surface area contributed by atoms with Crippen LogP contribution in [0, 0.1) is 6.92 Å². The Balaban J connectivity index is 1.92. The molecule has 1 atom stereocenters. The van der Waals surface area contributed by atoms with Crippen LogP contribution in [0.3, 0.4) is 0 Å². The monoisotopic (exact) mass is 368 g/mol. The van der Waals surface area contributed by atoms with Crippen LogP contribution in [0.15, 0.2) is 29.1 Å². The lowest BCUT2D eigenvalue weighted by atomic mass is 10.1. The summed E-state index contributed by atoms with van der Waals surface area (Å²) in [5.74, 6) is -1.96. The maximum Gasteiger partial charge on any atom is 0.471 e. The molecule has 140 valence electrons. The number of fused-ring (bicyclic) bond motifs is 1. The number of aryl methyl sites for hydroxylation is 1. The van der Waals surface area contributed by atoms with E-state index in [0.717, 1.165) is 12.0 Å². The largest absolute Gasteiger partial charge is 0.471 e. The summed E-state index contributed by atoms with van der Waals surface area (Å²) in [6, 6.07) is 6.92. The smallest absolute Gasteiger partial charge is 0.376 e. The summed E-state index contributed by atoms with van der Waals surface area (Å²) in [6.45, 7) is 1.73. The Bertz CT molecular complexity index is 870. The molecule has 1 aromatic carbocycles. The Morgan fingerprint density at radius 1 is 1.35 bits per heavy atom. The van der Waals surface area contributed by atoms with Crippen LogP contribution in [0.4, 0.5) is 13.2 Å². The molecule has 1 aliphatic rings. The third-order valence-corrected chi connectivity index (χ3v) is 4.42. The van der Waals surface area contributed by atoms with Gasteiger partial charge in [0.1, 0.15) is 0 Å². The third-order valence-electron chi connectivity index (χ3n) is 4.42. The van der Waals surface area contributed by atoms with E-state index in [4.69, 9.17) is 4.74 Å². The number of aromatic nitrogens is 1. The SMILES string of the molecule is Cc1ccc2[nH]c(=O)c(CN(CC3CCCO3)C(=O)C(F)(F)F)cc2c1. The minimum absolute atomic E-state index is 0.110. The Morgan fingerprint density at radius 2 is 2.12 bits per heavy atom. The third kappa shape index (κ3) is 4.07. The number of nitrogens with one attached hydrogen (secondary N) is 1. The van der Waals surface area contributed by atoms with Gasteiger partial charge >= 0.3 is 12.1 Å². The van der Waals surface area contributed by atoms with Crippen LogP contribution in [-0.2, 0) is 16.1 Å². The Morgan fingerprint density at radius 3 is 2.77 bits per heavy atom. The molecule has 2 heterocycles. The first-order valence-electron chi connectivity index (χ1n) is 8.34. The van der Waals surface area contributed by atoms with Crippen molar-refractivity contribution in [2.24, 2.45) is 0 Å². The van der Waals surface area contributed by atoms with Gasteiger partial charge in [-0.05, 0) is 43.4 Å². The minimum Gasteiger partial charge on any atom is -0.376 e. The minimum atomic E-state index is -5.00. The maximum absolute atomic E-state index is 13.0. The topological polar surface area (TPSA) is 62.4 Å². The second-order valence-corrected chi connectivity index (χ2v) is 6.53. The molecule has 0 radical (unpaired) electrons. The number of hydrogen-bond acceptors (Lipinski definition) is 3. The highest BCUT2D eigenvalue weighted by atomic mass is 19.4. The lowest BCUT2D eigenvalue weighted by molar-refractivity contribution is -0.187. The predicted molar refractivity (Wildman–Crippen MR) is 89.8 cm³/mol. The van der Waals surface area contributed by atoms with Gasteiger partial charge in [0.15, 0.2) is 0 Å². The molecular weight excluding hydrogens is 349 g/mol. The zero-order chi connectivity index (χ0) is 18.9. The maximum atomic E-state index is 13.0. The molecule has 3 rings (SSSR count). The van der Waals surface area contributed by atoms with Gasteiger partial charge in [0.05, 0.1) is 12.6 Å². The molecule has 1 saturated heterocycles. The Labute approximate surface area is 147 Å². The van der Waals surface area contributed by atoms with Crippen molar-refractivity contribution in [1.29, 1.82) is 0 Å². The van der Waals surface area contributed by atoms with Crippen molar-refractivity contribution in [2.45, 2.75) is 38.6 Å². The number of carbonyl (C=O) groups is 1. The molecule has 2 aromatic rings. The second-order valence-electron chi connectivity index (χ2n) is 6.53. The molecule has 8 heteroatoms. The van der Waals surface area contributed by atoms with Crippen molar-refractivity contribution in [3.05, 3.63) is 45.7 Å². The van der Waals surface area contributed by atoms with E-state index in [0.29, 0.717) is 28.8 Å². The average Bonchev–Trinajstić information content (AvgIpc) is 3.06. The Hall–Kier alpha value is -2.35. The zero-order valence-electron chi connectivity index (χ0n) is 14.2. The first-order chi connectivity index (χ1) is 12.2. The lowest BCUT2D eigenvalue weighted by Crippen LogP contribution is -2.45. The average molecular weight is 368 g/mol.